The molecule has 1 saturated carbocycles. The summed E-state index contributed by atoms with van der Waals surface area (Å²) in [6, 6.07) is 5.89. The van der Waals surface area contributed by atoms with Crippen LogP contribution in [0.2, 0.25) is 5.02 Å². The summed E-state index contributed by atoms with van der Waals surface area (Å²) >= 11 is 6.03. The Morgan fingerprint density at radius 2 is 2.05 bits per heavy atom. The molecule has 0 saturated heterocycles. The van der Waals surface area contributed by atoms with Crippen LogP contribution in [0.3, 0.4) is 0 Å². The van der Waals surface area contributed by atoms with E-state index in [-0.39, 0.29) is 0 Å². The maximum absolute atomic E-state index is 6.03. The van der Waals surface area contributed by atoms with E-state index < -0.39 is 0 Å². The Bertz CT molecular complexity index is 567. The fourth-order valence-electron chi connectivity index (χ4n) is 3.41. The van der Waals surface area contributed by atoms with Gasteiger partial charge in [-0.05, 0) is 49.8 Å². The van der Waals surface area contributed by atoms with Gasteiger partial charge in [0.05, 0.1) is 11.0 Å². The predicted molar refractivity (Wildman–Crippen MR) is 85.3 cm³/mol. The fraction of sp³-hybridized carbons (Fsp3) is 0.588. The van der Waals surface area contributed by atoms with Crippen molar-refractivity contribution in [2.75, 3.05) is 0 Å². The van der Waals surface area contributed by atoms with Gasteiger partial charge in [-0.1, -0.05) is 37.8 Å². The van der Waals surface area contributed by atoms with Gasteiger partial charge in [0.25, 0.3) is 0 Å². The molecule has 2 aromatic rings. The molecule has 2 nitrogen and oxygen atoms in total. The van der Waals surface area contributed by atoms with Crippen LogP contribution in [0.4, 0.5) is 0 Å². The topological polar surface area (TPSA) is 28.7 Å². The van der Waals surface area contributed by atoms with Gasteiger partial charge >= 0.3 is 0 Å². The highest BCUT2D eigenvalue weighted by Crippen LogP contribution is 2.37. The van der Waals surface area contributed by atoms with Crippen LogP contribution < -0.4 is 0 Å². The quantitative estimate of drug-likeness (QED) is 0.771. The number of halogens is 1. The summed E-state index contributed by atoms with van der Waals surface area (Å²) in [6.45, 7) is 2.28. The van der Waals surface area contributed by atoms with E-state index in [1.54, 1.807) is 0 Å². The van der Waals surface area contributed by atoms with E-state index in [0.29, 0.717) is 5.92 Å². The molecule has 3 rings (SSSR count). The summed E-state index contributed by atoms with van der Waals surface area (Å²) < 4.78 is 0. The summed E-state index contributed by atoms with van der Waals surface area (Å²) in [4.78, 5) is 8.22. The lowest BCUT2D eigenvalue weighted by molar-refractivity contribution is 0.299. The number of unbranched alkanes of at least 4 members (excludes halogenated alkanes) is 1. The van der Waals surface area contributed by atoms with Gasteiger partial charge in [0.1, 0.15) is 5.82 Å². The summed E-state index contributed by atoms with van der Waals surface area (Å²) in [5.41, 5.74) is 2.11. The zero-order chi connectivity index (χ0) is 13.9. The molecule has 3 heteroatoms. The molecule has 1 aliphatic carbocycles. The second-order valence-corrected chi connectivity index (χ2v) is 6.58. The highest BCUT2D eigenvalue weighted by atomic mass is 35.5. The molecule has 1 aromatic carbocycles. The Labute approximate surface area is 125 Å². The van der Waals surface area contributed by atoms with Crippen LogP contribution in [0, 0.1) is 5.92 Å². The van der Waals surface area contributed by atoms with Gasteiger partial charge in [-0.3, -0.25) is 0 Å². The van der Waals surface area contributed by atoms with Crippen molar-refractivity contribution >= 4 is 22.6 Å². The lowest BCUT2D eigenvalue weighted by Crippen LogP contribution is -2.14. The van der Waals surface area contributed by atoms with Crippen molar-refractivity contribution in [2.24, 2.45) is 5.92 Å². The third-order valence-electron chi connectivity index (χ3n) is 4.66. The third kappa shape index (κ3) is 3.01. The number of nitrogens with zero attached hydrogens (tertiary/aromatic N) is 1. The van der Waals surface area contributed by atoms with E-state index >= 15 is 0 Å². The van der Waals surface area contributed by atoms with Crippen molar-refractivity contribution in [1.82, 2.24) is 9.97 Å². The Morgan fingerprint density at radius 3 is 2.80 bits per heavy atom. The first kappa shape index (κ1) is 13.9. The largest absolute Gasteiger partial charge is 0.342 e. The summed E-state index contributed by atoms with van der Waals surface area (Å²) in [6.07, 6.45) is 9.41. The molecule has 1 heterocycles. The molecule has 1 N–H and O–H groups in total. The molecule has 1 aromatic heterocycles. The van der Waals surface area contributed by atoms with E-state index in [1.807, 2.05) is 18.2 Å². The predicted octanol–water partition coefficient (Wildman–Crippen LogP) is 5.68. The Hall–Kier alpha value is -1.02. The number of H-pyrrole nitrogens is 1. The molecule has 0 aliphatic heterocycles. The first-order valence-corrected chi connectivity index (χ1v) is 8.29. The minimum Gasteiger partial charge on any atom is -0.342 e. The zero-order valence-electron chi connectivity index (χ0n) is 12.2. The van der Waals surface area contributed by atoms with E-state index in [0.717, 1.165) is 27.8 Å². The van der Waals surface area contributed by atoms with Crippen LogP contribution in [0.5, 0.6) is 0 Å². The average molecular weight is 291 g/mol. The van der Waals surface area contributed by atoms with Gasteiger partial charge < -0.3 is 4.98 Å². The number of hydrogen-bond donors (Lipinski definition) is 1. The van der Waals surface area contributed by atoms with Crippen molar-refractivity contribution in [3.05, 3.63) is 29.0 Å². The molecule has 0 amide bonds. The second kappa shape index (κ2) is 6.17. The lowest BCUT2D eigenvalue weighted by Gasteiger charge is -2.27. The van der Waals surface area contributed by atoms with Crippen molar-refractivity contribution in [2.45, 2.75) is 57.8 Å². The second-order valence-electron chi connectivity index (χ2n) is 6.14. The third-order valence-corrected chi connectivity index (χ3v) is 4.90. The minimum absolute atomic E-state index is 0.610. The number of hydrogen-bond acceptors (Lipinski definition) is 1. The zero-order valence-corrected chi connectivity index (χ0v) is 12.9. The molecule has 0 radical (unpaired) electrons. The Morgan fingerprint density at radius 1 is 1.25 bits per heavy atom. The Balaban J connectivity index is 1.67. The number of rotatable bonds is 4. The van der Waals surface area contributed by atoms with Crippen molar-refractivity contribution in [3.8, 4) is 0 Å². The van der Waals surface area contributed by atoms with Gasteiger partial charge in [-0.2, -0.15) is 0 Å². The number of imidazole rings is 1. The first-order chi connectivity index (χ1) is 9.76. The molecule has 1 fully saturated rings. The van der Waals surface area contributed by atoms with E-state index in [2.05, 4.69) is 11.9 Å². The smallest absolute Gasteiger partial charge is 0.110 e. The van der Waals surface area contributed by atoms with Crippen LogP contribution in [0.25, 0.3) is 11.0 Å². The molecule has 20 heavy (non-hydrogen) atoms. The number of fused-ring (bicyclic) bond motifs is 1. The lowest BCUT2D eigenvalue weighted by atomic mass is 9.79. The average Bonchev–Trinajstić information content (AvgIpc) is 2.88. The highest BCUT2D eigenvalue weighted by Gasteiger charge is 2.24. The minimum atomic E-state index is 0.610. The highest BCUT2D eigenvalue weighted by molar-refractivity contribution is 6.31. The van der Waals surface area contributed by atoms with Gasteiger partial charge in [-0.15, -0.1) is 0 Å². The molecule has 108 valence electrons. The van der Waals surface area contributed by atoms with Gasteiger partial charge in [0.15, 0.2) is 0 Å². The fourth-order valence-corrected chi connectivity index (χ4v) is 3.58. The van der Waals surface area contributed by atoms with Crippen LogP contribution in [0.15, 0.2) is 18.2 Å². The van der Waals surface area contributed by atoms with Crippen LogP contribution in [-0.4, -0.2) is 9.97 Å². The summed E-state index contributed by atoms with van der Waals surface area (Å²) in [5.74, 6) is 2.72. The molecule has 0 atom stereocenters. The van der Waals surface area contributed by atoms with Gasteiger partial charge in [0, 0.05) is 10.9 Å². The number of aromatic amines is 1. The SMILES string of the molecule is CCCCC1CCC(c2nc3ccc(Cl)cc3[nH]2)CC1. The van der Waals surface area contributed by atoms with Crippen molar-refractivity contribution in [1.29, 1.82) is 0 Å². The molecule has 0 spiro atoms. The monoisotopic (exact) mass is 290 g/mol. The summed E-state index contributed by atoms with van der Waals surface area (Å²) in [7, 11) is 0. The number of aromatic nitrogens is 2. The van der Waals surface area contributed by atoms with E-state index in [9.17, 15) is 0 Å². The molecular weight excluding hydrogens is 268 g/mol. The molecule has 0 bridgehead atoms. The van der Waals surface area contributed by atoms with E-state index in [4.69, 9.17) is 16.6 Å². The molecular formula is C17H23ClN2. The van der Waals surface area contributed by atoms with Crippen molar-refractivity contribution < 1.29 is 0 Å². The van der Waals surface area contributed by atoms with Gasteiger partial charge in [-0.25, -0.2) is 4.98 Å². The van der Waals surface area contributed by atoms with Crippen LogP contribution in [-0.2, 0) is 0 Å². The van der Waals surface area contributed by atoms with Crippen LogP contribution in [0.1, 0.15) is 63.6 Å². The number of nitrogens with one attached hydrogen (secondary N) is 1. The van der Waals surface area contributed by atoms with Crippen LogP contribution >= 0.6 is 11.6 Å². The standard InChI is InChI=1S/C17H23ClN2/c1-2-3-4-12-5-7-13(8-6-12)17-19-15-10-9-14(18)11-16(15)20-17/h9-13H,2-8H2,1H3,(H,19,20). The maximum Gasteiger partial charge on any atom is 0.110 e. The normalized spacial score (nSPS) is 23.3. The maximum atomic E-state index is 6.03. The van der Waals surface area contributed by atoms with Gasteiger partial charge in [0.2, 0.25) is 0 Å². The van der Waals surface area contributed by atoms with Crippen molar-refractivity contribution in [3.63, 3.8) is 0 Å². The van der Waals surface area contributed by atoms with E-state index in [1.165, 1.54) is 44.9 Å². The molecule has 0 unspecified atom stereocenters. The number of benzene rings is 1. The Kier molecular flexibility index (Phi) is 4.30. The first-order valence-electron chi connectivity index (χ1n) is 7.91. The summed E-state index contributed by atoms with van der Waals surface area (Å²) in [5, 5.41) is 0.774. The molecule has 1 aliphatic rings.